The van der Waals surface area contributed by atoms with Crippen molar-refractivity contribution in [2.24, 2.45) is 11.8 Å². The van der Waals surface area contributed by atoms with Crippen LogP contribution in [0.4, 0.5) is 0 Å². The molecule has 0 radical (unpaired) electrons. The van der Waals surface area contributed by atoms with Gasteiger partial charge in [-0.25, -0.2) is 4.98 Å². The van der Waals surface area contributed by atoms with E-state index >= 15 is 0 Å². The van der Waals surface area contributed by atoms with E-state index in [0.29, 0.717) is 0 Å². The maximum Gasteiger partial charge on any atom is 0.122 e. The third-order valence-electron chi connectivity index (χ3n) is 5.79. The zero-order valence-electron chi connectivity index (χ0n) is 16.7. The molecule has 3 atom stereocenters. The number of rotatable bonds is 11. The Bertz CT molecular complexity index is 657. The Hall–Kier alpha value is -1.23. The van der Waals surface area contributed by atoms with Crippen molar-refractivity contribution in [3.63, 3.8) is 0 Å². The Morgan fingerprint density at radius 3 is 2.63 bits per heavy atom. The third kappa shape index (κ3) is 6.41. The van der Waals surface area contributed by atoms with Crippen LogP contribution >= 0.6 is 11.3 Å². The van der Waals surface area contributed by atoms with Crippen LogP contribution in [0.5, 0.6) is 0 Å². The summed E-state index contributed by atoms with van der Waals surface area (Å²) in [5, 5.41) is 3.26. The summed E-state index contributed by atoms with van der Waals surface area (Å²) in [5.74, 6) is 1.71. The molecule has 0 saturated heterocycles. The minimum absolute atomic E-state index is 0.166. The molecule has 2 unspecified atom stereocenters. The number of methoxy groups -OCH3 is 1. The lowest BCUT2D eigenvalue weighted by Gasteiger charge is -2.21. The van der Waals surface area contributed by atoms with Gasteiger partial charge in [0, 0.05) is 24.8 Å². The second kappa shape index (κ2) is 10.9. The molecular formula is C23H33NO2S. The Kier molecular flexibility index (Phi) is 8.31. The molecule has 148 valence electrons. The second-order valence-electron chi connectivity index (χ2n) is 7.76. The molecule has 0 bridgehead atoms. The lowest BCUT2D eigenvalue weighted by atomic mass is 9.87. The van der Waals surface area contributed by atoms with Crippen molar-refractivity contribution in [1.82, 2.24) is 4.98 Å². The molecule has 0 aliphatic heterocycles. The molecule has 1 heterocycles. The largest absolute Gasteiger partial charge is 0.377 e. The highest BCUT2D eigenvalue weighted by atomic mass is 32.1. The minimum atomic E-state index is 0.166. The molecule has 3 nitrogen and oxygen atoms in total. The maximum atomic E-state index is 5.86. The predicted octanol–water partition coefficient (Wildman–Crippen LogP) is 6.33. The molecule has 1 aliphatic rings. The average molecular weight is 388 g/mol. The highest BCUT2D eigenvalue weighted by Gasteiger charge is 2.28. The van der Waals surface area contributed by atoms with E-state index in [1.807, 2.05) is 13.2 Å². The Morgan fingerprint density at radius 1 is 1.15 bits per heavy atom. The number of aromatic nitrogens is 1. The summed E-state index contributed by atoms with van der Waals surface area (Å²) in [6, 6.07) is 10.4. The highest BCUT2D eigenvalue weighted by molar-refractivity contribution is 7.09. The summed E-state index contributed by atoms with van der Waals surface area (Å²) in [5.41, 5.74) is 2.37. The van der Waals surface area contributed by atoms with E-state index in [9.17, 15) is 0 Å². The quantitative estimate of drug-likeness (QED) is 0.422. The first kappa shape index (κ1) is 20.5. The van der Waals surface area contributed by atoms with Gasteiger partial charge in [-0.15, -0.1) is 11.3 Å². The van der Waals surface area contributed by atoms with Crippen molar-refractivity contribution in [3.05, 3.63) is 52.0 Å². The van der Waals surface area contributed by atoms with Crippen LogP contribution in [0.1, 0.15) is 67.3 Å². The van der Waals surface area contributed by atoms with Crippen LogP contribution in [0.25, 0.3) is 0 Å². The molecule has 1 fully saturated rings. The van der Waals surface area contributed by atoms with Gasteiger partial charge in [0.1, 0.15) is 11.1 Å². The van der Waals surface area contributed by atoms with Gasteiger partial charge in [-0.2, -0.15) is 0 Å². The van der Waals surface area contributed by atoms with Crippen LogP contribution < -0.4 is 0 Å². The monoisotopic (exact) mass is 387 g/mol. The van der Waals surface area contributed by atoms with Crippen molar-refractivity contribution in [1.29, 1.82) is 0 Å². The number of benzene rings is 1. The number of thiazole rings is 1. The van der Waals surface area contributed by atoms with E-state index in [2.05, 4.69) is 41.6 Å². The van der Waals surface area contributed by atoms with Gasteiger partial charge in [0.25, 0.3) is 0 Å². The van der Waals surface area contributed by atoms with Crippen molar-refractivity contribution in [2.75, 3.05) is 13.7 Å². The summed E-state index contributed by atoms with van der Waals surface area (Å²) < 4.78 is 11.6. The van der Waals surface area contributed by atoms with Crippen LogP contribution in [0.2, 0.25) is 0 Å². The molecule has 1 saturated carbocycles. The van der Waals surface area contributed by atoms with Crippen molar-refractivity contribution in [3.8, 4) is 0 Å². The zero-order chi connectivity index (χ0) is 18.9. The van der Waals surface area contributed by atoms with Gasteiger partial charge in [-0.1, -0.05) is 49.6 Å². The summed E-state index contributed by atoms with van der Waals surface area (Å²) in [6.45, 7) is 3.66. The van der Waals surface area contributed by atoms with Gasteiger partial charge in [-0.05, 0) is 50.0 Å². The smallest absolute Gasteiger partial charge is 0.122 e. The summed E-state index contributed by atoms with van der Waals surface area (Å²) >= 11 is 1.73. The first-order valence-corrected chi connectivity index (χ1v) is 11.2. The predicted molar refractivity (Wildman–Crippen MR) is 112 cm³/mol. The van der Waals surface area contributed by atoms with Gasteiger partial charge in [0.05, 0.1) is 6.61 Å². The Labute approximate surface area is 168 Å². The van der Waals surface area contributed by atoms with Gasteiger partial charge < -0.3 is 9.47 Å². The van der Waals surface area contributed by atoms with Crippen molar-refractivity contribution < 1.29 is 9.47 Å². The summed E-state index contributed by atoms with van der Waals surface area (Å²) in [6.07, 6.45) is 9.14. The fourth-order valence-electron chi connectivity index (χ4n) is 4.31. The topological polar surface area (TPSA) is 31.4 Å². The van der Waals surface area contributed by atoms with E-state index in [1.165, 1.54) is 44.1 Å². The lowest BCUT2D eigenvalue weighted by molar-refractivity contribution is 0.0847. The van der Waals surface area contributed by atoms with Crippen LogP contribution in [0.3, 0.4) is 0 Å². The standard InChI is InChI=1S/C23H33NO2S/c1-18-17-27-23(24-18)22(25-2)14-13-21-11-6-10-20(21)12-7-15-26-16-19-8-4-3-5-9-19/h3-5,8-9,17,20-22H,6-7,10-16H2,1-2H3/t20?,21-,22?/m1/s1. The van der Waals surface area contributed by atoms with E-state index in [0.717, 1.165) is 42.2 Å². The Morgan fingerprint density at radius 2 is 1.93 bits per heavy atom. The SMILES string of the molecule is COC(CC[C@H]1CCCC1CCCOCc1ccccc1)c1nc(C)cs1. The number of aryl methyl sites for hydroxylation is 1. The fourth-order valence-corrected chi connectivity index (χ4v) is 5.22. The van der Waals surface area contributed by atoms with E-state index in [1.54, 1.807) is 11.3 Å². The molecule has 1 aliphatic carbocycles. The van der Waals surface area contributed by atoms with Crippen LogP contribution in [0.15, 0.2) is 35.7 Å². The Balaban J connectivity index is 1.35. The zero-order valence-corrected chi connectivity index (χ0v) is 17.5. The highest BCUT2D eigenvalue weighted by Crippen LogP contribution is 2.39. The van der Waals surface area contributed by atoms with Crippen LogP contribution in [-0.4, -0.2) is 18.7 Å². The lowest BCUT2D eigenvalue weighted by Crippen LogP contribution is -2.12. The van der Waals surface area contributed by atoms with Gasteiger partial charge in [0.2, 0.25) is 0 Å². The van der Waals surface area contributed by atoms with Crippen molar-refractivity contribution in [2.45, 2.75) is 64.6 Å². The molecule has 0 spiro atoms. The fraction of sp³-hybridized carbons (Fsp3) is 0.609. The van der Waals surface area contributed by atoms with Gasteiger partial charge >= 0.3 is 0 Å². The first-order chi connectivity index (χ1) is 13.3. The minimum Gasteiger partial charge on any atom is -0.377 e. The summed E-state index contributed by atoms with van der Waals surface area (Å²) in [7, 11) is 1.82. The average Bonchev–Trinajstić information content (AvgIpc) is 3.32. The molecule has 0 N–H and O–H groups in total. The maximum absolute atomic E-state index is 5.86. The van der Waals surface area contributed by atoms with Crippen molar-refractivity contribution >= 4 is 11.3 Å². The van der Waals surface area contributed by atoms with E-state index < -0.39 is 0 Å². The van der Waals surface area contributed by atoms with Gasteiger partial charge in [0.15, 0.2) is 0 Å². The van der Waals surface area contributed by atoms with E-state index in [-0.39, 0.29) is 6.10 Å². The van der Waals surface area contributed by atoms with Gasteiger partial charge in [-0.3, -0.25) is 0 Å². The number of nitrogens with zero attached hydrogens (tertiary/aromatic N) is 1. The second-order valence-corrected chi connectivity index (χ2v) is 8.65. The summed E-state index contributed by atoms with van der Waals surface area (Å²) in [4.78, 5) is 4.62. The molecule has 0 amide bonds. The molecule has 2 aromatic rings. The molecule has 1 aromatic heterocycles. The molecule has 1 aromatic carbocycles. The molecule has 27 heavy (non-hydrogen) atoms. The third-order valence-corrected chi connectivity index (χ3v) is 6.84. The first-order valence-electron chi connectivity index (χ1n) is 10.3. The van der Waals surface area contributed by atoms with E-state index in [4.69, 9.17) is 9.47 Å². The number of ether oxygens (including phenoxy) is 2. The van der Waals surface area contributed by atoms with Crippen LogP contribution in [-0.2, 0) is 16.1 Å². The molecular weight excluding hydrogens is 354 g/mol. The number of hydrogen-bond acceptors (Lipinski definition) is 4. The number of hydrogen-bond donors (Lipinski definition) is 0. The molecule has 3 rings (SSSR count). The van der Waals surface area contributed by atoms with Crippen LogP contribution in [0, 0.1) is 18.8 Å². The normalized spacial score (nSPS) is 20.8. The molecule has 4 heteroatoms.